The first kappa shape index (κ1) is 15.3. The Bertz CT molecular complexity index is 700. The van der Waals surface area contributed by atoms with Gasteiger partial charge < -0.3 is 0 Å². The zero-order chi connectivity index (χ0) is 15.7. The molecule has 2 nitrogen and oxygen atoms in total. The van der Waals surface area contributed by atoms with E-state index in [4.69, 9.17) is 23.2 Å². The van der Waals surface area contributed by atoms with Crippen molar-refractivity contribution >= 4 is 33.7 Å². The van der Waals surface area contributed by atoms with E-state index in [1.165, 1.54) is 0 Å². The van der Waals surface area contributed by atoms with E-state index < -0.39 is 10.5 Å². The van der Waals surface area contributed by atoms with Crippen LogP contribution in [0.3, 0.4) is 0 Å². The van der Waals surface area contributed by atoms with Crippen molar-refractivity contribution in [2.75, 3.05) is 0 Å². The Balaban J connectivity index is 2.07. The standard InChI is InChI=1S/C18H14Cl2O2/c19-17(21)15-9-11-1-5-13(15)8-4-12-2-6-14(7-3-11)16(10-12)18(20)22/h1-2,5-6,9-10H,3-4,7-8H2. The molecule has 0 atom stereocenters. The highest BCUT2D eigenvalue weighted by Crippen LogP contribution is 2.23. The molecule has 112 valence electrons. The van der Waals surface area contributed by atoms with Gasteiger partial charge in [0.15, 0.2) is 0 Å². The van der Waals surface area contributed by atoms with E-state index in [9.17, 15) is 9.59 Å². The normalized spacial score (nSPS) is 13.5. The van der Waals surface area contributed by atoms with Gasteiger partial charge in [-0.05, 0) is 83.3 Å². The molecule has 0 saturated heterocycles. The van der Waals surface area contributed by atoms with E-state index >= 15 is 0 Å². The summed E-state index contributed by atoms with van der Waals surface area (Å²) < 4.78 is 0. The molecular formula is C18H14Cl2O2. The van der Waals surface area contributed by atoms with Gasteiger partial charge in [-0.2, -0.15) is 0 Å². The number of hydrogen-bond donors (Lipinski definition) is 0. The van der Waals surface area contributed by atoms with Gasteiger partial charge in [-0.1, -0.05) is 24.3 Å². The van der Waals surface area contributed by atoms with Gasteiger partial charge in [0.1, 0.15) is 0 Å². The maximum atomic E-state index is 11.6. The second-order valence-corrected chi connectivity index (χ2v) is 6.22. The van der Waals surface area contributed by atoms with Crippen LogP contribution in [0.15, 0.2) is 36.4 Å². The van der Waals surface area contributed by atoms with Gasteiger partial charge in [0.05, 0.1) is 0 Å². The largest absolute Gasteiger partial charge is 0.276 e. The Morgan fingerprint density at radius 3 is 1.45 bits per heavy atom. The molecule has 0 aliphatic heterocycles. The summed E-state index contributed by atoms with van der Waals surface area (Å²) in [5, 5.41) is -0.834. The van der Waals surface area contributed by atoms with Crippen molar-refractivity contribution in [2.45, 2.75) is 25.7 Å². The summed E-state index contributed by atoms with van der Waals surface area (Å²) in [5.74, 6) is 0. The number of benzene rings is 2. The number of halogens is 2. The van der Waals surface area contributed by atoms with E-state index in [0.29, 0.717) is 24.0 Å². The van der Waals surface area contributed by atoms with Crippen LogP contribution in [0, 0.1) is 0 Å². The average molecular weight is 333 g/mol. The molecule has 0 fully saturated rings. The number of carbonyl (C=O) groups excluding carboxylic acids is 2. The predicted molar refractivity (Wildman–Crippen MR) is 88.1 cm³/mol. The predicted octanol–water partition coefficient (Wildman–Crippen LogP) is 4.33. The van der Waals surface area contributed by atoms with Crippen LogP contribution in [-0.2, 0) is 25.7 Å². The SMILES string of the molecule is O=C(Cl)c1cc2ccc1CCc1ccc(c(C(=O)Cl)c1)CC2. The van der Waals surface area contributed by atoms with Gasteiger partial charge in [0.2, 0.25) is 0 Å². The smallest absolute Gasteiger partial charge is 0.252 e. The lowest BCUT2D eigenvalue weighted by Gasteiger charge is -2.14. The minimum atomic E-state index is -0.417. The third kappa shape index (κ3) is 3.08. The Hall–Kier alpha value is -1.64. The topological polar surface area (TPSA) is 34.1 Å². The zero-order valence-electron chi connectivity index (χ0n) is 11.9. The van der Waals surface area contributed by atoms with E-state index in [-0.39, 0.29) is 0 Å². The first-order valence-electron chi connectivity index (χ1n) is 7.18. The fourth-order valence-corrected chi connectivity index (χ4v) is 3.27. The molecule has 2 aromatic rings. The lowest BCUT2D eigenvalue weighted by molar-refractivity contribution is 0.107. The molecule has 0 aromatic heterocycles. The van der Waals surface area contributed by atoms with E-state index in [0.717, 1.165) is 35.1 Å². The summed E-state index contributed by atoms with van der Waals surface area (Å²) in [4.78, 5) is 23.3. The van der Waals surface area contributed by atoms with Crippen LogP contribution >= 0.6 is 23.2 Å². The molecule has 0 unspecified atom stereocenters. The Labute approximate surface area is 139 Å². The summed E-state index contributed by atoms with van der Waals surface area (Å²) in [6.07, 6.45) is 2.86. The van der Waals surface area contributed by atoms with Crippen LogP contribution in [0.2, 0.25) is 0 Å². The molecule has 4 aliphatic carbocycles. The maximum Gasteiger partial charge on any atom is 0.252 e. The molecular weight excluding hydrogens is 319 g/mol. The zero-order valence-corrected chi connectivity index (χ0v) is 13.4. The Morgan fingerprint density at radius 2 is 1.09 bits per heavy atom. The van der Waals surface area contributed by atoms with Crippen LogP contribution < -0.4 is 0 Å². The first-order valence-corrected chi connectivity index (χ1v) is 7.93. The highest BCUT2D eigenvalue weighted by molar-refractivity contribution is 6.68. The van der Waals surface area contributed by atoms with Crippen LogP contribution in [-0.4, -0.2) is 10.5 Å². The number of aryl methyl sites for hydroxylation is 4. The fraction of sp³-hybridized carbons (Fsp3) is 0.222. The van der Waals surface area contributed by atoms with Crippen molar-refractivity contribution in [3.63, 3.8) is 0 Å². The second kappa shape index (κ2) is 6.23. The van der Waals surface area contributed by atoms with Gasteiger partial charge in [-0.15, -0.1) is 0 Å². The van der Waals surface area contributed by atoms with Crippen molar-refractivity contribution in [2.24, 2.45) is 0 Å². The lowest BCUT2D eigenvalue weighted by atomic mass is 9.91. The van der Waals surface area contributed by atoms with Gasteiger partial charge in [-0.3, -0.25) is 9.59 Å². The van der Waals surface area contributed by atoms with Crippen LogP contribution in [0.1, 0.15) is 43.0 Å². The molecule has 4 bridgehead atoms. The highest BCUT2D eigenvalue weighted by atomic mass is 35.5. The molecule has 0 heterocycles. The van der Waals surface area contributed by atoms with Crippen molar-refractivity contribution < 1.29 is 9.59 Å². The third-order valence-corrected chi connectivity index (χ3v) is 4.55. The molecule has 0 radical (unpaired) electrons. The molecule has 2 aromatic carbocycles. The maximum absolute atomic E-state index is 11.6. The quantitative estimate of drug-likeness (QED) is 0.767. The molecule has 22 heavy (non-hydrogen) atoms. The number of hydrogen-bond acceptors (Lipinski definition) is 2. The molecule has 0 N–H and O–H groups in total. The monoisotopic (exact) mass is 332 g/mol. The molecule has 4 aliphatic rings. The van der Waals surface area contributed by atoms with Gasteiger partial charge in [0.25, 0.3) is 10.5 Å². The van der Waals surface area contributed by atoms with Crippen molar-refractivity contribution in [3.05, 3.63) is 69.8 Å². The van der Waals surface area contributed by atoms with Gasteiger partial charge in [-0.25, -0.2) is 0 Å². The minimum Gasteiger partial charge on any atom is -0.276 e. The highest BCUT2D eigenvalue weighted by Gasteiger charge is 2.15. The summed E-state index contributed by atoms with van der Waals surface area (Å²) in [6.45, 7) is 0. The second-order valence-electron chi connectivity index (χ2n) is 5.53. The van der Waals surface area contributed by atoms with Gasteiger partial charge >= 0.3 is 0 Å². The first-order chi connectivity index (χ1) is 10.5. The molecule has 0 spiro atoms. The average Bonchev–Trinajstić information content (AvgIpc) is 2.49. The molecule has 0 saturated carbocycles. The van der Waals surface area contributed by atoms with Crippen LogP contribution in [0.5, 0.6) is 0 Å². The molecule has 0 amide bonds. The van der Waals surface area contributed by atoms with E-state index in [2.05, 4.69) is 0 Å². The molecule has 6 rings (SSSR count). The summed E-state index contributed by atoms with van der Waals surface area (Å²) in [6, 6.07) is 11.7. The third-order valence-electron chi connectivity index (χ3n) is 4.14. The van der Waals surface area contributed by atoms with E-state index in [1.807, 2.05) is 36.4 Å². The fourth-order valence-electron chi connectivity index (χ4n) is 2.92. The summed E-state index contributed by atoms with van der Waals surface area (Å²) in [5.41, 5.74) is 5.11. The Kier molecular flexibility index (Phi) is 4.32. The lowest BCUT2D eigenvalue weighted by Crippen LogP contribution is -2.07. The summed E-state index contributed by atoms with van der Waals surface area (Å²) >= 11 is 11.4. The van der Waals surface area contributed by atoms with Crippen molar-refractivity contribution in [1.29, 1.82) is 0 Å². The molecule has 4 heteroatoms. The minimum absolute atomic E-state index is 0.417. The summed E-state index contributed by atoms with van der Waals surface area (Å²) in [7, 11) is 0. The van der Waals surface area contributed by atoms with Crippen LogP contribution in [0.25, 0.3) is 0 Å². The van der Waals surface area contributed by atoms with Crippen LogP contribution in [0.4, 0.5) is 0 Å². The van der Waals surface area contributed by atoms with Crippen molar-refractivity contribution in [3.8, 4) is 0 Å². The Morgan fingerprint density at radius 1 is 0.682 bits per heavy atom. The van der Waals surface area contributed by atoms with E-state index in [1.54, 1.807) is 0 Å². The number of rotatable bonds is 2. The number of carbonyl (C=O) groups is 2. The van der Waals surface area contributed by atoms with Gasteiger partial charge in [0, 0.05) is 11.1 Å². The van der Waals surface area contributed by atoms with Crippen molar-refractivity contribution in [1.82, 2.24) is 0 Å².